The minimum absolute atomic E-state index is 0.0653. The number of carbonyl (C=O) groups excluding carboxylic acids is 1. The summed E-state index contributed by atoms with van der Waals surface area (Å²) >= 11 is 0. The van der Waals surface area contributed by atoms with Crippen molar-refractivity contribution in [2.24, 2.45) is 5.92 Å². The van der Waals surface area contributed by atoms with Gasteiger partial charge in [-0.05, 0) is 31.2 Å². The van der Waals surface area contributed by atoms with Crippen LogP contribution >= 0.6 is 0 Å². The van der Waals surface area contributed by atoms with Crippen molar-refractivity contribution in [3.05, 3.63) is 35.4 Å². The van der Waals surface area contributed by atoms with E-state index in [4.69, 9.17) is 5.11 Å². The lowest BCUT2D eigenvalue weighted by atomic mass is 10.1. The van der Waals surface area contributed by atoms with Gasteiger partial charge in [-0.25, -0.2) is 0 Å². The molecule has 3 heteroatoms. The average Bonchev–Trinajstić information content (AvgIpc) is 2.37. The van der Waals surface area contributed by atoms with Crippen LogP contribution in [-0.4, -0.2) is 24.2 Å². The van der Waals surface area contributed by atoms with Gasteiger partial charge >= 0.3 is 0 Å². The predicted molar refractivity (Wildman–Crippen MR) is 73.4 cm³/mol. The Balaban J connectivity index is 2.19. The van der Waals surface area contributed by atoms with E-state index in [2.05, 4.69) is 5.32 Å². The Hall–Kier alpha value is -1.35. The Labute approximate surface area is 109 Å². The minimum atomic E-state index is 0.0653. The molecule has 0 saturated carbocycles. The van der Waals surface area contributed by atoms with Crippen LogP contribution in [0.1, 0.15) is 30.9 Å². The number of aliphatic hydroxyl groups excluding tert-OH is 1. The van der Waals surface area contributed by atoms with Crippen molar-refractivity contribution in [2.45, 2.75) is 33.1 Å². The summed E-state index contributed by atoms with van der Waals surface area (Å²) < 4.78 is 0. The van der Waals surface area contributed by atoms with Crippen molar-refractivity contribution in [3.8, 4) is 0 Å². The van der Waals surface area contributed by atoms with Crippen molar-refractivity contribution < 1.29 is 9.90 Å². The van der Waals surface area contributed by atoms with Crippen molar-refractivity contribution in [1.29, 1.82) is 0 Å². The van der Waals surface area contributed by atoms with Crippen molar-refractivity contribution in [2.75, 3.05) is 13.2 Å². The third-order valence-corrected chi connectivity index (χ3v) is 2.99. The van der Waals surface area contributed by atoms with Crippen LogP contribution in [0, 0.1) is 12.8 Å². The highest BCUT2D eigenvalue weighted by Gasteiger charge is 2.03. The van der Waals surface area contributed by atoms with Gasteiger partial charge in [0.2, 0.25) is 5.91 Å². The Bertz CT molecular complexity index is 359. The predicted octanol–water partition coefficient (Wildman–Crippen LogP) is 2.06. The molecule has 0 radical (unpaired) electrons. The van der Waals surface area contributed by atoms with Crippen LogP contribution in [0.4, 0.5) is 0 Å². The van der Waals surface area contributed by atoms with Crippen molar-refractivity contribution in [3.63, 3.8) is 0 Å². The summed E-state index contributed by atoms with van der Waals surface area (Å²) in [6.07, 6.45) is 2.30. The van der Waals surface area contributed by atoms with Crippen LogP contribution in [0.5, 0.6) is 0 Å². The lowest BCUT2D eigenvalue weighted by Gasteiger charge is -2.08. The van der Waals surface area contributed by atoms with Gasteiger partial charge in [-0.3, -0.25) is 4.79 Å². The Morgan fingerprint density at radius 2 is 2.00 bits per heavy atom. The fraction of sp³-hybridized carbons (Fsp3) is 0.533. The largest absolute Gasteiger partial charge is 0.396 e. The Morgan fingerprint density at radius 1 is 1.33 bits per heavy atom. The zero-order valence-corrected chi connectivity index (χ0v) is 11.3. The van der Waals surface area contributed by atoms with Crippen LogP contribution in [0.25, 0.3) is 0 Å². The van der Waals surface area contributed by atoms with E-state index in [0.717, 1.165) is 18.4 Å². The number of hydrogen-bond acceptors (Lipinski definition) is 2. The molecule has 0 aromatic heterocycles. The molecule has 1 unspecified atom stereocenters. The van der Waals surface area contributed by atoms with E-state index >= 15 is 0 Å². The van der Waals surface area contributed by atoms with E-state index in [1.54, 1.807) is 0 Å². The zero-order chi connectivity index (χ0) is 13.4. The van der Waals surface area contributed by atoms with Crippen LogP contribution in [0.2, 0.25) is 0 Å². The molecule has 1 aromatic rings. The molecule has 0 aliphatic carbocycles. The molecule has 100 valence electrons. The van der Waals surface area contributed by atoms with Gasteiger partial charge in [0.25, 0.3) is 0 Å². The summed E-state index contributed by atoms with van der Waals surface area (Å²) in [7, 11) is 0. The number of rotatable bonds is 7. The molecule has 18 heavy (non-hydrogen) atoms. The minimum Gasteiger partial charge on any atom is -0.396 e. The summed E-state index contributed by atoms with van der Waals surface area (Å²) in [4.78, 5) is 11.7. The molecule has 0 aliphatic heterocycles. The van der Waals surface area contributed by atoms with Crippen LogP contribution in [0.15, 0.2) is 24.3 Å². The first kappa shape index (κ1) is 14.7. The molecular weight excluding hydrogens is 226 g/mol. The van der Waals surface area contributed by atoms with Gasteiger partial charge in [0.1, 0.15) is 0 Å². The van der Waals surface area contributed by atoms with Gasteiger partial charge in [-0.1, -0.05) is 36.8 Å². The van der Waals surface area contributed by atoms with Gasteiger partial charge in [-0.15, -0.1) is 0 Å². The molecule has 1 rings (SSSR count). The number of hydrogen-bond donors (Lipinski definition) is 2. The molecule has 3 nitrogen and oxygen atoms in total. The van der Waals surface area contributed by atoms with E-state index in [9.17, 15) is 4.79 Å². The number of aryl methyl sites for hydroxylation is 1. The van der Waals surface area contributed by atoms with E-state index in [0.29, 0.717) is 18.9 Å². The molecule has 1 atom stereocenters. The summed E-state index contributed by atoms with van der Waals surface area (Å²) in [5.74, 6) is 0.384. The first-order valence-corrected chi connectivity index (χ1v) is 6.55. The fourth-order valence-corrected chi connectivity index (χ4v) is 1.72. The molecule has 0 fully saturated rings. The summed E-state index contributed by atoms with van der Waals surface area (Å²) in [5.41, 5.74) is 2.25. The number of benzene rings is 1. The quantitative estimate of drug-likeness (QED) is 0.727. The SMILES string of the molecule is Cc1ccc(CC(=O)NCCCC(C)CO)cc1. The second-order valence-electron chi connectivity index (χ2n) is 4.94. The standard InChI is InChI=1S/C15H23NO2/c1-12-5-7-14(8-6-12)10-15(18)16-9-3-4-13(2)11-17/h5-8,13,17H,3-4,9-11H2,1-2H3,(H,16,18). The fourth-order valence-electron chi connectivity index (χ4n) is 1.72. The lowest BCUT2D eigenvalue weighted by molar-refractivity contribution is -0.120. The van der Waals surface area contributed by atoms with Gasteiger partial charge in [0.05, 0.1) is 6.42 Å². The highest BCUT2D eigenvalue weighted by Crippen LogP contribution is 2.05. The second-order valence-corrected chi connectivity index (χ2v) is 4.94. The monoisotopic (exact) mass is 249 g/mol. The summed E-state index contributed by atoms with van der Waals surface area (Å²) in [6, 6.07) is 8.02. The third-order valence-electron chi connectivity index (χ3n) is 2.99. The van der Waals surface area contributed by atoms with E-state index in [1.807, 2.05) is 38.1 Å². The molecule has 1 aromatic carbocycles. The smallest absolute Gasteiger partial charge is 0.224 e. The number of amides is 1. The molecule has 0 aliphatic rings. The molecule has 0 heterocycles. The van der Waals surface area contributed by atoms with Gasteiger partial charge in [0, 0.05) is 13.2 Å². The van der Waals surface area contributed by atoms with E-state index in [1.165, 1.54) is 5.56 Å². The van der Waals surface area contributed by atoms with Gasteiger partial charge in [0.15, 0.2) is 0 Å². The first-order valence-electron chi connectivity index (χ1n) is 6.55. The van der Waals surface area contributed by atoms with E-state index < -0.39 is 0 Å². The summed E-state index contributed by atoms with van der Waals surface area (Å²) in [6.45, 7) is 4.95. The maximum absolute atomic E-state index is 11.7. The Kier molecular flexibility index (Phi) is 6.44. The lowest BCUT2D eigenvalue weighted by Crippen LogP contribution is -2.26. The Morgan fingerprint density at radius 3 is 2.61 bits per heavy atom. The van der Waals surface area contributed by atoms with Crippen LogP contribution in [0.3, 0.4) is 0 Å². The average molecular weight is 249 g/mol. The molecule has 0 saturated heterocycles. The third kappa shape index (κ3) is 5.82. The second kappa shape index (κ2) is 7.88. The molecular formula is C15H23NO2. The highest BCUT2D eigenvalue weighted by molar-refractivity contribution is 5.78. The molecule has 0 bridgehead atoms. The van der Waals surface area contributed by atoms with Crippen LogP contribution in [-0.2, 0) is 11.2 Å². The van der Waals surface area contributed by atoms with Crippen molar-refractivity contribution >= 4 is 5.91 Å². The molecule has 2 N–H and O–H groups in total. The molecule has 0 spiro atoms. The number of nitrogens with one attached hydrogen (secondary N) is 1. The highest BCUT2D eigenvalue weighted by atomic mass is 16.3. The zero-order valence-electron chi connectivity index (χ0n) is 11.3. The van der Waals surface area contributed by atoms with Gasteiger partial charge < -0.3 is 10.4 Å². The van der Waals surface area contributed by atoms with E-state index in [-0.39, 0.29) is 12.5 Å². The van der Waals surface area contributed by atoms with Gasteiger partial charge in [-0.2, -0.15) is 0 Å². The van der Waals surface area contributed by atoms with Crippen LogP contribution < -0.4 is 5.32 Å². The normalized spacial score (nSPS) is 12.2. The number of carbonyl (C=O) groups is 1. The summed E-state index contributed by atoms with van der Waals surface area (Å²) in [5, 5.41) is 11.8. The van der Waals surface area contributed by atoms with Crippen molar-refractivity contribution in [1.82, 2.24) is 5.32 Å². The molecule has 1 amide bonds. The number of aliphatic hydroxyl groups is 1. The first-order chi connectivity index (χ1) is 8.61. The topological polar surface area (TPSA) is 49.3 Å². The maximum atomic E-state index is 11.7. The maximum Gasteiger partial charge on any atom is 0.224 e.